The first-order valence-electron chi connectivity index (χ1n) is 11.5. The Labute approximate surface area is 210 Å². The van der Waals surface area contributed by atoms with Crippen molar-refractivity contribution < 1.29 is 19.4 Å². The van der Waals surface area contributed by atoms with Crippen LogP contribution in [0.2, 0.25) is 0 Å². The highest BCUT2D eigenvalue weighted by Gasteiger charge is 2.34. The molecular formula is C28H24N2O5S. The maximum Gasteiger partial charge on any atom is 0.338 e. The number of methoxy groups -OCH3 is 1. The lowest BCUT2D eigenvalue weighted by Gasteiger charge is -2.26. The predicted octanol–water partition coefficient (Wildman–Crippen LogP) is 3.67. The van der Waals surface area contributed by atoms with Crippen molar-refractivity contribution in [1.82, 2.24) is 4.57 Å². The molecule has 0 aliphatic carbocycles. The number of benzene rings is 3. The summed E-state index contributed by atoms with van der Waals surface area (Å²) in [6.45, 7) is 3.70. The van der Waals surface area contributed by atoms with Gasteiger partial charge in [0.25, 0.3) is 5.56 Å². The largest absolute Gasteiger partial charge is 0.507 e. The first-order valence-corrected chi connectivity index (χ1v) is 12.3. The summed E-state index contributed by atoms with van der Waals surface area (Å²) in [7, 11) is 1.61. The number of nitrogens with zero attached hydrogens (tertiary/aromatic N) is 2. The second kappa shape index (κ2) is 9.47. The number of thiazole rings is 1. The first-order chi connectivity index (χ1) is 17.4. The summed E-state index contributed by atoms with van der Waals surface area (Å²) in [6, 6.07) is 17.5. The molecule has 1 N–H and O–H groups in total. The average molecular weight is 501 g/mol. The van der Waals surface area contributed by atoms with E-state index in [9.17, 15) is 14.7 Å². The standard InChI is InChI=1S/C28H24N2O5S/c1-4-35-27(33)24-16(2)29-28-30(26(32)23(36-28)15-17-9-5-8-12-21(17)31)25(24)20-13-14-22(34-3)19-11-7-6-10-18(19)20/h5-15,25,31H,4H2,1-3H3/b23-15+/t25-/m1/s1. The van der Waals surface area contributed by atoms with Crippen LogP contribution in [0.25, 0.3) is 16.8 Å². The van der Waals surface area contributed by atoms with Gasteiger partial charge in [-0.3, -0.25) is 9.36 Å². The number of allylic oxidation sites excluding steroid dienone is 1. The van der Waals surface area contributed by atoms with Crippen molar-refractivity contribution in [3.8, 4) is 11.5 Å². The summed E-state index contributed by atoms with van der Waals surface area (Å²) in [4.78, 5) is 32.1. The quantitative estimate of drug-likeness (QED) is 0.423. The molecule has 0 bridgehead atoms. The van der Waals surface area contributed by atoms with Crippen LogP contribution < -0.4 is 19.6 Å². The van der Waals surface area contributed by atoms with Gasteiger partial charge in [-0.15, -0.1) is 0 Å². The predicted molar refractivity (Wildman–Crippen MR) is 139 cm³/mol. The fourth-order valence-corrected chi connectivity index (χ4v) is 5.59. The third-order valence-electron chi connectivity index (χ3n) is 6.17. The Balaban J connectivity index is 1.83. The van der Waals surface area contributed by atoms with Crippen LogP contribution in [-0.4, -0.2) is 29.4 Å². The second-order valence-corrected chi connectivity index (χ2v) is 9.27. The minimum Gasteiger partial charge on any atom is -0.507 e. The third-order valence-corrected chi connectivity index (χ3v) is 7.16. The molecule has 1 aliphatic rings. The smallest absolute Gasteiger partial charge is 0.338 e. The van der Waals surface area contributed by atoms with E-state index in [1.807, 2.05) is 36.4 Å². The molecular weight excluding hydrogens is 476 g/mol. The van der Waals surface area contributed by atoms with Gasteiger partial charge in [-0.25, -0.2) is 9.79 Å². The maximum atomic E-state index is 13.8. The number of fused-ring (bicyclic) bond motifs is 2. The Morgan fingerprint density at radius 1 is 1.11 bits per heavy atom. The van der Waals surface area contributed by atoms with Crippen molar-refractivity contribution in [1.29, 1.82) is 0 Å². The van der Waals surface area contributed by atoms with Gasteiger partial charge in [-0.2, -0.15) is 0 Å². The van der Waals surface area contributed by atoms with Crippen molar-refractivity contribution in [3.05, 3.63) is 103 Å². The molecule has 36 heavy (non-hydrogen) atoms. The lowest BCUT2D eigenvalue weighted by atomic mass is 9.91. The zero-order valence-corrected chi connectivity index (χ0v) is 20.8. The van der Waals surface area contributed by atoms with Crippen molar-refractivity contribution in [3.63, 3.8) is 0 Å². The molecule has 0 saturated carbocycles. The van der Waals surface area contributed by atoms with Crippen LogP contribution >= 0.6 is 11.3 Å². The molecule has 0 fully saturated rings. The number of carbonyl (C=O) groups is 1. The molecule has 0 unspecified atom stereocenters. The number of phenols is 1. The molecule has 7 nitrogen and oxygen atoms in total. The number of carbonyl (C=O) groups excluding carboxylic acids is 1. The molecule has 1 aliphatic heterocycles. The van der Waals surface area contributed by atoms with Crippen molar-refractivity contribution in [2.45, 2.75) is 19.9 Å². The van der Waals surface area contributed by atoms with Gasteiger partial charge in [-0.1, -0.05) is 59.9 Å². The summed E-state index contributed by atoms with van der Waals surface area (Å²) in [5.74, 6) is 0.253. The molecule has 0 saturated heterocycles. The molecule has 182 valence electrons. The van der Waals surface area contributed by atoms with Crippen molar-refractivity contribution in [2.75, 3.05) is 13.7 Å². The maximum absolute atomic E-state index is 13.8. The minimum atomic E-state index is -0.748. The fraction of sp³-hybridized carbons (Fsp3) is 0.179. The summed E-state index contributed by atoms with van der Waals surface area (Å²) in [5.41, 5.74) is 1.79. The number of rotatable bonds is 5. The molecule has 1 aromatic heterocycles. The normalized spacial score (nSPS) is 15.5. The number of phenolic OH excluding ortho intramolecular Hbond substituents is 1. The summed E-state index contributed by atoms with van der Waals surface area (Å²) < 4.78 is 12.9. The highest BCUT2D eigenvalue weighted by atomic mass is 32.1. The SMILES string of the molecule is CCOC(=O)C1=C(C)N=c2s/c(=C/c3ccccc3O)c(=O)n2[C@@H]1c1ccc(OC)c2ccccc12. The van der Waals surface area contributed by atoms with E-state index in [1.54, 1.807) is 55.9 Å². The van der Waals surface area contributed by atoms with E-state index in [0.29, 0.717) is 31.9 Å². The second-order valence-electron chi connectivity index (χ2n) is 8.26. The highest BCUT2D eigenvalue weighted by Crippen LogP contribution is 2.37. The Hall–Kier alpha value is -4.17. The summed E-state index contributed by atoms with van der Waals surface area (Å²) in [5, 5.41) is 12.0. The molecule has 0 spiro atoms. The van der Waals surface area contributed by atoms with E-state index >= 15 is 0 Å². The van der Waals surface area contributed by atoms with E-state index in [4.69, 9.17) is 9.47 Å². The van der Waals surface area contributed by atoms with Crippen LogP contribution in [0.5, 0.6) is 11.5 Å². The van der Waals surface area contributed by atoms with Gasteiger partial charge in [0, 0.05) is 10.9 Å². The van der Waals surface area contributed by atoms with Crippen LogP contribution in [0, 0.1) is 0 Å². The first kappa shape index (κ1) is 23.6. The van der Waals surface area contributed by atoms with Gasteiger partial charge in [0.2, 0.25) is 0 Å². The third kappa shape index (κ3) is 3.89. The highest BCUT2D eigenvalue weighted by molar-refractivity contribution is 7.07. The molecule has 4 aromatic rings. The van der Waals surface area contributed by atoms with E-state index in [0.717, 1.165) is 16.3 Å². The molecule has 3 aromatic carbocycles. The van der Waals surface area contributed by atoms with Crippen LogP contribution in [0.15, 0.2) is 81.7 Å². The van der Waals surface area contributed by atoms with Gasteiger partial charge < -0.3 is 14.6 Å². The monoisotopic (exact) mass is 500 g/mol. The Kier molecular flexibility index (Phi) is 6.20. The molecule has 1 atom stereocenters. The number of para-hydroxylation sites is 1. The minimum absolute atomic E-state index is 0.0735. The molecule has 2 heterocycles. The summed E-state index contributed by atoms with van der Waals surface area (Å²) in [6.07, 6.45) is 1.64. The Morgan fingerprint density at radius 2 is 1.83 bits per heavy atom. The van der Waals surface area contributed by atoms with E-state index in [1.165, 1.54) is 11.3 Å². The lowest BCUT2D eigenvalue weighted by Crippen LogP contribution is -2.40. The number of ether oxygens (including phenoxy) is 2. The van der Waals surface area contributed by atoms with Crippen LogP contribution in [-0.2, 0) is 9.53 Å². The average Bonchev–Trinajstić information content (AvgIpc) is 3.18. The number of hydrogen-bond acceptors (Lipinski definition) is 7. The van der Waals surface area contributed by atoms with Crippen LogP contribution in [0.1, 0.15) is 31.0 Å². The number of aromatic nitrogens is 1. The van der Waals surface area contributed by atoms with Gasteiger partial charge in [0.15, 0.2) is 4.80 Å². The molecule has 8 heteroatoms. The molecule has 0 amide bonds. The van der Waals surface area contributed by atoms with Crippen LogP contribution in [0.3, 0.4) is 0 Å². The Morgan fingerprint density at radius 3 is 2.56 bits per heavy atom. The lowest BCUT2D eigenvalue weighted by molar-refractivity contribution is -0.139. The number of esters is 1. The van der Waals surface area contributed by atoms with Gasteiger partial charge >= 0.3 is 5.97 Å². The van der Waals surface area contributed by atoms with Crippen LogP contribution in [0.4, 0.5) is 0 Å². The fourth-order valence-electron chi connectivity index (χ4n) is 4.55. The molecule has 0 radical (unpaired) electrons. The van der Waals surface area contributed by atoms with Gasteiger partial charge in [0.05, 0.1) is 35.6 Å². The molecule has 5 rings (SSSR count). The Bertz CT molecular complexity index is 1710. The summed E-state index contributed by atoms with van der Waals surface area (Å²) >= 11 is 1.21. The van der Waals surface area contributed by atoms with E-state index in [2.05, 4.69) is 4.99 Å². The van der Waals surface area contributed by atoms with Gasteiger partial charge in [-0.05, 0) is 43.0 Å². The zero-order chi connectivity index (χ0) is 25.4. The van der Waals surface area contributed by atoms with Crippen molar-refractivity contribution in [2.24, 2.45) is 4.99 Å². The topological polar surface area (TPSA) is 90.1 Å². The van der Waals surface area contributed by atoms with Gasteiger partial charge in [0.1, 0.15) is 11.5 Å². The van der Waals surface area contributed by atoms with E-state index in [-0.39, 0.29) is 17.9 Å². The van der Waals surface area contributed by atoms with E-state index < -0.39 is 12.0 Å². The van der Waals surface area contributed by atoms with Crippen molar-refractivity contribution >= 4 is 34.2 Å². The number of hydrogen-bond donors (Lipinski definition) is 1. The zero-order valence-electron chi connectivity index (χ0n) is 20.0. The number of aromatic hydroxyl groups is 1.